The molecule has 264 valence electrons. The van der Waals surface area contributed by atoms with E-state index in [1.807, 2.05) is 51.1 Å². The van der Waals surface area contributed by atoms with Crippen LogP contribution in [0.2, 0.25) is 0 Å². The molecule has 2 N–H and O–H groups in total. The summed E-state index contributed by atoms with van der Waals surface area (Å²) in [6.45, 7) is 16.0. The van der Waals surface area contributed by atoms with Gasteiger partial charge in [0, 0.05) is 19.2 Å². The maximum absolute atomic E-state index is 13.6. The number of ether oxygens (including phenoxy) is 3. The molecule has 2 heterocycles. The Hall–Kier alpha value is -4.78. The first kappa shape index (κ1) is 37.0. The molecule has 1 aromatic carbocycles. The summed E-state index contributed by atoms with van der Waals surface area (Å²) >= 11 is 0. The van der Waals surface area contributed by atoms with Crippen LogP contribution in [0.3, 0.4) is 0 Å². The van der Waals surface area contributed by atoms with Gasteiger partial charge in [0.2, 0.25) is 0 Å². The Balaban J connectivity index is 1.73. The van der Waals surface area contributed by atoms with Crippen molar-refractivity contribution in [3.05, 3.63) is 54.0 Å². The number of amides is 3. The molecule has 0 saturated carbocycles. The largest absolute Gasteiger partial charge is 0.444 e. The minimum Gasteiger partial charge on any atom is -0.444 e. The van der Waals surface area contributed by atoms with E-state index in [1.165, 1.54) is 11.1 Å². The normalized spacial score (nSPS) is 15.2. The predicted molar refractivity (Wildman–Crippen MR) is 186 cm³/mol. The summed E-state index contributed by atoms with van der Waals surface area (Å²) in [6, 6.07) is 7.52. The number of nitrogens with zero attached hydrogens (tertiary/aromatic N) is 5. The summed E-state index contributed by atoms with van der Waals surface area (Å²) < 4.78 is 16.7. The van der Waals surface area contributed by atoms with Gasteiger partial charge in [-0.1, -0.05) is 30.3 Å². The van der Waals surface area contributed by atoms with E-state index in [4.69, 9.17) is 19.2 Å². The molecule has 1 atom stereocenters. The molecule has 13 nitrogen and oxygen atoms in total. The van der Waals surface area contributed by atoms with Crippen LogP contribution in [0.1, 0.15) is 92.8 Å². The smallest absolute Gasteiger partial charge is 0.425 e. The van der Waals surface area contributed by atoms with Gasteiger partial charge >= 0.3 is 18.3 Å². The number of aliphatic hydroxyl groups is 1. The molecule has 0 bridgehead atoms. The fourth-order valence-corrected chi connectivity index (χ4v) is 4.83. The molecule has 1 unspecified atom stereocenters. The van der Waals surface area contributed by atoms with Crippen LogP contribution >= 0.6 is 0 Å². The van der Waals surface area contributed by atoms with Gasteiger partial charge in [0.15, 0.2) is 5.82 Å². The first-order valence-electron chi connectivity index (χ1n) is 16.3. The van der Waals surface area contributed by atoms with Crippen molar-refractivity contribution >= 4 is 29.7 Å². The Labute approximate surface area is 287 Å². The van der Waals surface area contributed by atoms with Crippen LogP contribution in [0.15, 0.2) is 42.7 Å². The third kappa shape index (κ3) is 10.4. The van der Waals surface area contributed by atoms with Gasteiger partial charge in [-0.25, -0.2) is 29.3 Å². The molecule has 0 radical (unpaired) electrons. The third-order valence-corrected chi connectivity index (χ3v) is 7.01. The molecule has 2 aromatic heterocycles. The lowest BCUT2D eigenvalue weighted by molar-refractivity contribution is 0.0283. The van der Waals surface area contributed by atoms with E-state index in [0.717, 1.165) is 21.6 Å². The van der Waals surface area contributed by atoms with Crippen molar-refractivity contribution in [1.82, 2.24) is 24.8 Å². The highest BCUT2D eigenvalue weighted by Gasteiger charge is 2.36. The molecule has 49 heavy (non-hydrogen) atoms. The number of hydrogen-bond acceptors (Lipinski definition) is 10. The zero-order chi connectivity index (χ0) is 36.3. The summed E-state index contributed by atoms with van der Waals surface area (Å²) in [4.78, 5) is 59.1. The second-order valence-corrected chi connectivity index (χ2v) is 15.1. The number of nitrogens with one attached hydrogen (secondary N) is 1. The molecule has 1 aliphatic rings. The Morgan fingerprint density at radius 2 is 1.43 bits per heavy atom. The standard InChI is InChI=1S/C36H48N6O7/c1-34(2,3)47-31(44)41(10)21-22-11-13-24(14-12-22)29-37-20-27(40-29)28-30(38-19-26(39-28)23-15-17-25(43)18-16-23)42(32(45)48-35(4,5)6)33(46)49-36(7,8)9/h11-15,19-20,25,43H,16-18,21H2,1-10H3,(H,37,40). The van der Waals surface area contributed by atoms with Gasteiger partial charge in [-0.3, -0.25) is 0 Å². The van der Waals surface area contributed by atoms with Gasteiger partial charge in [-0.15, -0.1) is 0 Å². The number of aliphatic hydroxyl groups excluding tert-OH is 1. The van der Waals surface area contributed by atoms with Crippen molar-refractivity contribution in [3.8, 4) is 22.8 Å². The Morgan fingerprint density at radius 3 is 1.96 bits per heavy atom. The molecular formula is C36H48N6O7. The topological polar surface area (TPSA) is 160 Å². The third-order valence-electron chi connectivity index (χ3n) is 7.01. The number of aromatic nitrogens is 4. The number of imidazole rings is 1. The van der Waals surface area contributed by atoms with Crippen molar-refractivity contribution in [2.24, 2.45) is 0 Å². The second kappa shape index (κ2) is 14.4. The number of aromatic amines is 1. The summed E-state index contributed by atoms with van der Waals surface area (Å²) in [7, 11) is 1.68. The molecule has 3 amide bonds. The van der Waals surface area contributed by atoms with Crippen molar-refractivity contribution in [2.75, 3.05) is 11.9 Å². The average Bonchev–Trinajstić information content (AvgIpc) is 3.46. The zero-order valence-electron chi connectivity index (χ0n) is 30.1. The molecule has 1 aliphatic carbocycles. The predicted octanol–water partition coefficient (Wildman–Crippen LogP) is 7.51. The minimum absolute atomic E-state index is 0.0978. The van der Waals surface area contributed by atoms with Crippen LogP contribution in [0.25, 0.3) is 28.3 Å². The van der Waals surface area contributed by atoms with Crippen LogP contribution in [0, 0.1) is 0 Å². The van der Waals surface area contributed by atoms with Gasteiger partial charge in [0.25, 0.3) is 0 Å². The Bertz CT molecular complexity index is 1670. The number of carbonyl (C=O) groups is 3. The highest BCUT2D eigenvalue weighted by atomic mass is 16.6. The summed E-state index contributed by atoms with van der Waals surface area (Å²) in [5, 5.41) is 10.0. The average molecular weight is 677 g/mol. The Morgan fingerprint density at radius 1 is 0.857 bits per heavy atom. The van der Waals surface area contributed by atoms with E-state index >= 15 is 0 Å². The van der Waals surface area contributed by atoms with E-state index in [-0.39, 0.29) is 11.5 Å². The van der Waals surface area contributed by atoms with Crippen molar-refractivity contribution in [3.63, 3.8) is 0 Å². The number of hydrogen-bond donors (Lipinski definition) is 2. The first-order chi connectivity index (χ1) is 22.7. The SMILES string of the molecule is CN(Cc1ccc(-c2ncc(-c3nc(C4=CCC(O)CC4)cnc3N(C(=O)OC(C)(C)C)C(=O)OC(C)(C)C)[nH]2)cc1)C(=O)OC(C)(C)C. The summed E-state index contributed by atoms with van der Waals surface area (Å²) in [5.41, 5.74) is 1.19. The van der Waals surface area contributed by atoms with Crippen molar-refractivity contribution in [1.29, 1.82) is 0 Å². The van der Waals surface area contributed by atoms with E-state index in [9.17, 15) is 19.5 Å². The van der Waals surface area contributed by atoms with E-state index in [2.05, 4.69) is 15.0 Å². The van der Waals surface area contributed by atoms with Crippen LogP contribution in [0.5, 0.6) is 0 Å². The molecule has 0 fully saturated rings. The minimum atomic E-state index is -0.975. The highest BCUT2D eigenvalue weighted by Crippen LogP contribution is 2.34. The number of carbonyl (C=O) groups excluding carboxylic acids is 3. The van der Waals surface area contributed by atoms with E-state index in [1.54, 1.807) is 54.8 Å². The van der Waals surface area contributed by atoms with E-state index < -0.39 is 41.2 Å². The number of rotatable bonds is 6. The quantitative estimate of drug-likeness (QED) is 0.250. The zero-order valence-corrected chi connectivity index (χ0v) is 30.1. The van der Waals surface area contributed by atoms with Crippen LogP contribution < -0.4 is 4.90 Å². The molecule has 0 aliphatic heterocycles. The summed E-state index contributed by atoms with van der Waals surface area (Å²) in [6.07, 6.45) is 3.81. The second-order valence-electron chi connectivity index (χ2n) is 15.1. The molecule has 13 heteroatoms. The van der Waals surface area contributed by atoms with Gasteiger partial charge in [-0.05, 0) is 92.7 Å². The number of imide groups is 1. The van der Waals surface area contributed by atoms with Crippen LogP contribution in [-0.2, 0) is 20.8 Å². The number of H-pyrrole nitrogens is 1. The van der Waals surface area contributed by atoms with Crippen LogP contribution in [-0.4, -0.2) is 78.2 Å². The number of allylic oxidation sites excluding steroid dienone is 1. The van der Waals surface area contributed by atoms with Crippen LogP contribution in [0.4, 0.5) is 20.2 Å². The van der Waals surface area contributed by atoms with Crippen molar-refractivity contribution in [2.45, 2.75) is 111 Å². The maximum atomic E-state index is 13.6. The van der Waals surface area contributed by atoms with Gasteiger partial charge in [-0.2, -0.15) is 4.90 Å². The van der Waals surface area contributed by atoms with E-state index in [0.29, 0.717) is 43.0 Å². The lowest BCUT2D eigenvalue weighted by Crippen LogP contribution is -2.44. The number of anilines is 1. The maximum Gasteiger partial charge on any atom is 0.425 e. The monoisotopic (exact) mass is 676 g/mol. The van der Waals surface area contributed by atoms with Gasteiger partial charge in [0.05, 0.1) is 29.9 Å². The molecule has 0 saturated heterocycles. The highest BCUT2D eigenvalue weighted by molar-refractivity contribution is 6.10. The number of benzene rings is 1. The summed E-state index contributed by atoms with van der Waals surface area (Å²) in [5.74, 6) is 0.403. The Kier molecular flexibility index (Phi) is 10.9. The first-order valence-corrected chi connectivity index (χ1v) is 16.3. The fraction of sp³-hybridized carbons (Fsp3) is 0.500. The lowest BCUT2D eigenvalue weighted by atomic mass is 9.95. The van der Waals surface area contributed by atoms with Gasteiger partial charge in [0.1, 0.15) is 28.3 Å². The molecular weight excluding hydrogens is 628 g/mol. The molecule has 3 aromatic rings. The lowest BCUT2D eigenvalue weighted by Gasteiger charge is -2.28. The molecule has 0 spiro atoms. The fourth-order valence-electron chi connectivity index (χ4n) is 4.83. The van der Waals surface area contributed by atoms with Crippen molar-refractivity contribution < 1.29 is 33.7 Å². The molecule has 4 rings (SSSR count). The van der Waals surface area contributed by atoms with Gasteiger partial charge < -0.3 is 29.2 Å².